The number of carbonyl (C=O) groups is 2. The highest BCUT2D eigenvalue weighted by molar-refractivity contribution is 5.94. The lowest BCUT2D eigenvalue weighted by Crippen LogP contribution is -2.47. The summed E-state index contributed by atoms with van der Waals surface area (Å²) in [6.45, 7) is 7.41. The van der Waals surface area contributed by atoms with E-state index in [4.69, 9.17) is 9.47 Å². The van der Waals surface area contributed by atoms with Crippen LogP contribution in [0, 0.1) is 0 Å². The molecule has 1 unspecified atom stereocenters. The molecule has 0 aliphatic carbocycles. The Bertz CT molecular complexity index is 547. The third-order valence-electron chi connectivity index (χ3n) is 3.76. The number of carbonyl (C=O) groups excluding carboxylic acids is 2. The molecule has 1 fully saturated rings. The van der Waals surface area contributed by atoms with E-state index in [1.54, 1.807) is 24.3 Å². The molecule has 132 valence electrons. The first-order valence-electron chi connectivity index (χ1n) is 8.26. The van der Waals surface area contributed by atoms with Gasteiger partial charge in [0.2, 0.25) is 0 Å². The van der Waals surface area contributed by atoms with Crippen molar-refractivity contribution >= 4 is 17.5 Å². The van der Waals surface area contributed by atoms with Crippen LogP contribution in [0.5, 0.6) is 5.75 Å². The predicted molar refractivity (Wildman–Crippen MR) is 91.1 cm³/mol. The molecule has 0 saturated carbocycles. The topological polar surface area (TPSA) is 79.9 Å². The van der Waals surface area contributed by atoms with E-state index in [1.807, 2.05) is 6.92 Å². The monoisotopic (exact) mass is 335 g/mol. The summed E-state index contributed by atoms with van der Waals surface area (Å²) < 4.78 is 10.9. The van der Waals surface area contributed by atoms with Gasteiger partial charge in [-0.25, -0.2) is 0 Å². The van der Waals surface area contributed by atoms with Crippen molar-refractivity contribution in [3.05, 3.63) is 24.3 Å². The van der Waals surface area contributed by atoms with E-state index >= 15 is 0 Å². The summed E-state index contributed by atoms with van der Waals surface area (Å²) in [6, 6.07) is 6.92. The first-order valence-corrected chi connectivity index (χ1v) is 8.26. The van der Waals surface area contributed by atoms with Crippen molar-refractivity contribution in [2.45, 2.75) is 20.0 Å². The van der Waals surface area contributed by atoms with Gasteiger partial charge in [0.25, 0.3) is 11.8 Å². The zero-order valence-electron chi connectivity index (χ0n) is 14.2. The Morgan fingerprint density at radius 3 is 2.71 bits per heavy atom. The molecule has 2 amide bonds. The quantitative estimate of drug-likeness (QED) is 0.773. The van der Waals surface area contributed by atoms with Gasteiger partial charge in [-0.3, -0.25) is 14.5 Å². The predicted octanol–water partition coefficient (Wildman–Crippen LogP) is 0.861. The van der Waals surface area contributed by atoms with Crippen LogP contribution in [0.4, 0.5) is 5.69 Å². The number of nitrogens with zero attached hydrogens (tertiary/aromatic N) is 1. The Morgan fingerprint density at radius 2 is 2.04 bits per heavy atom. The summed E-state index contributed by atoms with van der Waals surface area (Å²) in [5, 5.41) is 5.50. The summed E-state index contributed by atoms with van der Waals surface area (Å²) in [6.07, 6.45) is -0.452. The van der Waals surface area contributed by atoms with Crippen LogP contribution in [0.2, 0.25) is 0 Å². The highest BCUT2D eigenvalue weighted by Gasteiger charge is 2.25. The van der Waals surface area contributed by atoms with Gasteiger partial charge in [-0.1, -0.05) is 6.92 Å². The molecular weight excluding hydrogens is 310 g/mol. The van der Waals surface area contributed by atoms with E-state index < -0.39 is 6.10 Å². The lowest BCUT2D eigenvalue weighted by molar-refractivity contribution is -0.132. The number of hydrogen-bond acceptors (Lipinski definition) is 5. The first kappa shape index (κ1) is 18.2. The SMILES string of the molecule is CCNC(=O)COc1ccc(NC(=O)C2CN(CC)CCO2)cc1. The highest BCUT2D eigenvalue weighted by atomic mass is 16.5. The van der Waals surface area contributed by atoms with Gasteiger partial charge < -0.3 is 20.1 Å². The molecule has 0 spiro atoms. The number of ether oxygens (including phenoxy) is 2. The molecule has 1 heterocycles. The van der Waals surface area contributed by atoms with Gasteiger partial charge in [-0.15, -0.1) is 0 Å². The minimum absolute atomic E-state index is 0.0255. The molecule has 0 aromatic heterocycles. The number of amides is 2. The molecule has 0 bridgehead atoms. The number of benzene rings is 1. The fourth-order valence-corrected chi connectivity index (χ4v) is 2.40. The van der Waals surface area contributed by atoms with Crippen molar-refractivity contribution in [1.82, 2.24) is 10.2 Å². The molecule has 2 N–H and O–H groups in total. The van der Waals surface area contributed by atoms with Crippen molar-refractivity contribution in [2.75, 3.05) is 44.7 Å². The van der Waals surface area contributed by atoms with Crippen molar-refractivity contribution < 1.29 is 19.1 Å². The smallest absolute Gasteiger partial charge is 0.257 e. The Hall–Kier alpha value is -2.12. The molecule has 1 aliphatic rings. The van der Waals surface area contributed by atoms with Crippen molar-refractivity contribution in [2.24, 2.45) is 0 Å². The van der Waals surface area contributed by atoms with E-state index in [0.29, 0.717) is 31.1 Å². The second-order valence-electron chi connectivity index (χ2n) is 5.51. The van der Waals surface area contributed by atoms with E-state index in [9.17, 15) is 9.59 Å². The Balaban J connectivity index is 1.82. The maximum absolute atomic E-state index is 12.3. The zero-order chi connectivity index (χ0) is 17.4. The molecule has 1 saturated heterocycles. The van der Waals surface area contributed by atoms with Crippen LogP contribution in [0.15, 0.2) is 24.3 Å². The van der Waals surface area contributed by atoms with E-state index in [-0.39, 0.29) is 18.4 Å². The van der Waals surface area contributed by atoms with Crippen LogP contribution in [0.3, 0.4) is 0 Å². The maximum atomic E-state index is 12.3. The average Bonchev–Trinajstić information content (AvgIpc) is 2.61. The van der Waals surface area contributed by atoms with Crippen molar-refractivity contribution in [3.63, 3.8) is 0 Å². The molecular formula is C17H25N3O4. The maximum Gasteiger partial charge on any atom is 0.257 e. The summed E-state index contributed by atoms with van der Waals surface area (Å²) in [5.41, 5.74) is 0.669. The molecule has 1 aromatic rings. The lowest BCUT2D eigenvalue weighted by atomic mass is 10.2. The molecule has 1 aliphatic heterocycles. The number of nitrogens with one attached hydrogen (secondary N) is 2. The first-order chi connectivity index (χ1) is 11.6. The third-order valence-corrected chi connectivity index (χ3v) is 3.76. The highest BCUT2D eigenvalue weighted by Crippen LogP contribution is 2.16. The Labute approximate surface area is 142 Å². The van der Waals surface area contributed by atoms with Gasteiger partial charge >= 0.3 is 0 Å². The fraction of sp³-hybridized carbons (Fsp3) is 0.529. The van der Waals surface area contributed by atoms with Gasteiger partial charge in [-0.2, -0.15) is 0 Å². The molecule has 7 heteroatoms. The summed E-state index contributed by atoms with van der Waals surface area (Å²) in [4.78, 5) is 25.8. The Morgan fingerprint density at radius 1 is 1.29 bits per heavy atom. The van der Waals surface area contributed by atoms with Crippen LogP contribution in [0.1, 0.15) is 13.8 Å². The van der Waals surface area contributed by atoms with Crippen molar-refractivity contribution in [3.8, 4) is 5.75 Å². The molecule has 7 nitrogen and oxygen atoms in total. The molecule has 2 rings (SSSR count). The number of hydrogen-bond donors (Lipinski definition) is 2. The van der Waals surface area contributed by atoms with E-state index in [0.717, 1.165) is 13.1 Å². The van der Waals surface area contributed by atoms with Gasteiger partial charge in [0.15, 0.2) is 6.61 Å². The Kier molecular flexibility index (Phi) is 7.02. The number of rotatable bonds is 7. The van der Waals surface area contributed by atoms with Gasteiger partial charge in [0.05, 0.1) is 6.61 Å². The second kappa shape index (κ2) is 9.24. The van der Waals surface area contributed by atoms with Gasteiger partial charge in [0.1, 0.15) is 11.9 Å². The van der Waals surface area contributed by atoms with E-state index in [2.05, 4.69) is 22.5 Å². The minimum atomic E-state index is -0.452. The van der Waals surface area contributed by atoms with Crippen LogP contribution < -0.4 is 15.4 Å². The molecule has 1 aromatic carbocycles. The van der Waals surface area contributed by atoms with Crippen LogP contribution in [-0.4, -0.2) is 62.2 Å². The average molecular weight is 335 g/mol. The standard InChI is InChI=1S/C17H25N3O4/c1-3-18-16(21)12-24-14-7-5-13(6-8-14)19-17(22)15-11-20(4-2)9-10-23-15/h5-8,15H,3-4,9-12H2,1-2H3,(H,18,21)(H,19,22). The molecule has 0 radical (unpaired) electrons. The van der Waals surface area contributed by atoms with Gasteiger partial charge in [-0.05, 0) is 37.7 Å². The summed E-state index contributed by atoms with van der Waals surface area (Å²) in [7, 11) is 0. The molecule has 1 atom stereocenters. The van der Waals surface area contributed by atoms with E-state index in [1.165, 1.54) is 0 Å². The van der Waals surface area contributed by atoms with Crippen molar-refractivity contribution in [1.29, 1.82) is 0 Å². The molecule has 24 heavy (non-hydrogen) atoms. The summed E-state index contributed by atoms with van der Waals surface area (Å²) >= 11 is 0. The van der Waals surface area contributed by atoms with Crippen LogP contribution in [-0.2, 0) is 14.3 Å². The third kappa shape index (κ3) is 5.50. The largest absolute Gasteiger partial charge is 0.484 e. The van der Waals surface area contributed by atoms with Gasteiger partial charge in [0, 0.05) is 25.3 Å². The number of anilines is 1. The lowest BCUT2D eigenvalue weighted by Gasteiger charge is -2.31. The minimum Gasteiger partial charge on any atom is -0.484 e. The fourth-order valence-electron chi connectivity index (χ4n) is 2.40. The number of morpholine rings is 1. The zero-order valence-corrected chi connectivity index (χ0v) is 14.2. The number of likely N-dealkylation sites (N-methyl/N-ethyl adjacent to an activating group) is 2. The summed E-state index contributed by atoms with van der Waals surface area (Å²) in [5.74, 6) is 0.263. The van der Waals surface area contributed by atoms with Crippen LogP contribution in [0.25, 0.3) is 0 Å². The van der Waals surface area contributed by atoms with Crippen LogP contribution >= 0.6 is 0 Å². The normalized spacial score (nSPS) is 18.0. The second-order valence-corrected chi connectivity index (χ2v) is 5.51.